The van der Waals surface area contributed by atoms with Crippen LogP contribution >= 0.6 is 0 Å². The molecule has 0 aromatic heterocycles. The van der Waals surface area contributed by atoms with Crippen LogP contribution in [0.5, 0.6) is 0 Å². The van der Waals surface area contributed by atoms with Gasteiger partial charge in [0.15, 0.2) is 8.32 Å². The standard InChI is InChI=1S/C15H28O2Si/c1-7-14(12-10-8-9-11-13-16)17-18(5,6)15(2,3)4/h7,14,16H,1,8,10,12-13H2,2-6H3. The SMILES string of the molecule is C=CC(CCCC#CCO)O[Si](C)(C)C(C)(C)C. The van der Waals surface area contributed by atoms with Crippen LogP contribution < -0.4 is 0 Å². The van der Waals surface area contributed by atoms with Crippen molar-refractivity contribution in [2.75, 3.05) is 6.61 Å². The summed E-state index contributed by atoms with van der Waals surface area (Å²) in [6, 6.07) is 0. The average Bonchev–Trinajstić information content (AvgIpc) is 2.25. The van der Waals surface area contributed by atoms with Crippen molar-refractivity contribution >= 4 is 8.32 Å². The Bertz CT molecular complexity index is 305. The van der Waals surface area contributed by atoms with Crippen LogP contribution in [0.4, 0.5) is 0 Å². The fourth-order valence-electron chi connectivity index (χ4n) is 1.32. The van der Waals surface area contributed by atoms with E-state index in [0.29, 0.717) is 0 Å². The molecule has 0 radical (unpaired) electrons. The molecule has 1 unspecified atom stereocenters. The summed E-state index contributed by atoms with van der Waals surface area (Å²) in [6.07, 6.45) is 4.78. The first kappa shape index (κ1) is 17.4. The van der Waals surface area contributed by atoms with Gasteiger partial charge in [-0.05, 0) is 31.0 Å². The summed E-state index contributed by atoms with van der Waals surface area (Å²) < 4.78 is 6.28. The van der Waals surface area contributed by atoms with Crippen molar-refractivity contribution in [2.24, 2.45) is 0 Å². The average molecular weight is 268 g/mol. The van der Waals surface area contributed by atoms with Crippen molar-refractivity contribution in [1.29, 1.82) is 0 Å². The number of unbranched alkanes of at least 4 members (excludes halogenated alkanes) is 1. The monoisotopic (exact) mass is 268 g/mol. The Kier molecular flexibility index (Phi) is 7.54. The predicted octanol–water partition coefficient (Wildman–Crippen LogP) is 3.73. The first-order valence-corrected chi connectivity index (χ1v) is 9.52. The van der Waals surface area contributed by atoms with E-state index in [-0.39, 0.29) is 17.7 Å². The smallest absolute Gasteiger partial charge is 0.192 e. The molecule has 0 aromatic rings. The van der Waals surface area contributed by atoms with E-state index in [0.717, 1.165) is 19.3 Å². The number of aliphatic hydroxyl groups is 1. The first-order chi connectivity index (χ1) is 8.24. The Hall–Kier alpha value is -0.563. The lowest BCUT2D eigenvalue weighted by Gasteiger charge is -2.38. The Morgan fingerprint density at radius 2 is 1.94 bits per heavy atom. The Morgan fingerprint density at radius 1 is 1.33 bits per heavy atom. The molecule has 3 heteroatoms. The third-order valence-electron chi connectivity index (χ3n) is 3.51. The fourth-order valence-corrected chi connectivity index (χ4v) is 2.64. The van der Waals surface area contributed by atoms with Crippen molar-refractivity contribution in [3.8, 4) is 11.8 Å². The van der Waals surface area contributed by atoms with E-state index in [1.54, 1.807) is 0 Å². The molecule has 0 heterocycles. The van der Waals surface area contributed by atoms with Gasteiger partial charge in [-0.15, -0.1) is 12.5 Å². The Morgan fingerprint density at radius 3 is 2.39 bits per heavy atom. The van der Waals surface area contributed by atoms with E-state index in [9.17, 15) is 0 Å². The fraction of sp³-hybridized carbons (Fsp3) is 0.733. The van der Waals surface area contributed by atoms with Gasteiger partial charge >= 0.3 is 0 Å². The third kappa shape index (κ3) is 6.39. The van der Waals surface area contributed by atoms with E-state index in [2.05, 4.69) is 52.3 Å². The van der Waals surface area contributed by atoms with Gasteiger partial charge in [0.1, 0.15) is 6.61 Å². The summed E-state index contributed by atoms with van der Waals surface area (Å²) >= 11 is 0. The molecule has 0 saturated heterocycles. The van der Waals surface area contributed by atoms with Gasteiger partial charge in [0.25, 0.3) is 0 Å². The van der Waals surface area contributed by atoms with Gasteiger partial charge in [-0.1, -0.05) is 32.8 Å². The van der Waals surface area contributed by atoms with Crippen molar-refractivity contribution < 1.29 is 9.53 Å². The van der Waals surface area contributed by atoms with E-state index in [4.69, 9.17) is 9.53 Å². The lowest BCUT2D eigenvalue weighted by atomic mass is 10.1. The maximum Gasteiger partial charge on any atom is 0.192 e. The van der Waals surface area contributed by atoms with Crippen LogP contribution in [-0.2, 0) is 4.43 Å². The number of hydrogen-bond donors (Lipinski definition) is 1. The lowest BCUT2D eigenvalue weighted by molar-refractivity contribution is 0.213. The van der Waals surface area contributed by atoms with Crippen molar-refractivity contribution in [3.63, 3.8) is 0 Å². The molecule has 0 amide bonds. The topological polar surface area (TPSA) is 29.5 Å². The van der Waals surface area contributed by atoms with Crippen LogP contribution in [0.15, 0.2) is 12.7 Å². The second kappa shape index (κ2) is 7.78. The second-order valence-electron chi connectivity index (χ2n) is 6.06. The Balaban J connectivity index is 4.23. The van der Waals surface area contributed by atoms with E-state index < -0.39 is 8.32 Å². The quantitative estimate of drug-likeness (QED) is 0.344. The first-order valence-electron chi connectivity index (χ1n) is 6.61. The number of hydrogen-bond acceptors (Lipinski definition) is 2. The predicted molar refractivity (Wildman–Crippen MR) is 81.0 cm³/mol. The molecular weight excluding hydrogens is 240 g/mol. The molecule has 18 heavy (non-hydrogen) atoms. The highest BCUT2D eigenvalue weighted by atomic mass is 28.4. The molecule has 0 saturated carbocycles. The van der Waals surface area contributed by atoms with Gasteiger partial charge in [-0.25, -0.2) is 0 Å². The summed E-state index contributed by atoms with van der Waals surface area (Å²) in [6.45, 7) is 15.1. The largest absolute Gasteiger partial charge is 0.411 e. The summed E-state index contributed by atoms with van der Waals surface area (Å²) in [5.74, 6) is 5.59. The van der Waals surface area contributed by atoms with Gasteiger partial charge in [-0.2, -0.15) is 0 Å². The van der Waals surface area contributed by atoms with Crippen molar-refractivity contribution in [3.05, 3.63) is 12.7 Å². The van der Waals surface area contributed by atoms with Crippen LogP contribution in [0.3, 0.4) is 0 Å². The van der Waals surface area contributed by atoms with E-state index in [1.165, 1.54) is 0 Å². The molecule has 0 aliphatic carbocycles. The molecule has 0 aromatic carbocycles. The summed E-state index contributed by atoms with van der Waals surface area (Å²) in [5, 5.41) is 8.78. The number of rotatable bonds is 6. The molecule has 0 fully saturated rings. The molecule has 0 spiro atoms. The van der Waals surface area contributed by atoms with Crippen LogP contribution in [0.25, 0.3) is 0 Å². The van der Waals surface area contributed by atoms with E-state index >= 15 is 0 Å². The van der Waals surface area contributed by atoms with Gasteiger partial charge < -0.3 is 9.53 Å². The van der Waals surface area contributed by atoms with Crippen LogP contribution in [0, 0.1) is 11.8 Å². The minimum atomic E-state index is -1.71. The minimum absolute atomic E-state index is 0.0502. The van der Waals surface area contributed by atoms with Gasteiger partial charge in [0.05, 0.1) is 6.10 Å². The zero-order valence-electron chi connectivity index (χ0n) is 12.5. The second-order valence-corrected chi connectivity index (χ2v) is 10.8. The highest BCUT2D eigenvalue weighted by Gasteiger charge is 2.38. The lowest BCUT2D eigenvalue weighted by Crippen LogP contribution is -2.43. The molecule has 0 aliphatic rings. The molecule has 1 N–H and O–H groups in total. The van der Waals surface area contributed by atoms with Crippen LogP contribution in [0.2, 0.25) is 18.1 Å². The van der Waals surface area contributed by atoms with E-state index in [1.807, 2.05) is 6.08 Å². The normalized spacial score (nSPS) is 13.7. The van der Waals surface area contributed by atoms with Crippen molar-refractivity contribution in [1.82, 2.24) is 0 Å². The zero-order valence-corrected chi connectivity index (χ0v) is 13.5. The molecule has 2 nitrogen and oxygen atoms in total. The third-order valence-corrected chi connectivity index (χ3v) is 8.01. The maximum atomic E-state index is 8.55. The summed E-state index contributed by atoms with van der Waals surface area (Å²) in [5.41, 5.74) is 0. The molecule has 0 aliphatic heterocycles. The van der Waals surface area contributed by atoms with Crippen molar-refractivity contribution in [2.45, 2.75) is 64.3 Å². The molecule has 1 atom stereocenters. The number of aliphatic hydroxyl groups excluding tert-OH is 1. The molecule has 104 valence electrons. The van der Waals surface area contributed by atoms with Crippen LogP contribution in [-0.4, -0.2) is 26.1 Å². The Labute approximate surface area is 114 Å². The summed E-state index contributed by atoms with van der Waals surface area (Å²) in [7, 11) is -1.71. The minimum Gasteiger partial charge on any atom is -0.411 e. The van der Waals surface area contributed by atoms with Gasteiger partial charge in [0.2, 0.25) is 0 Å². The van der Waals surface area contributed by atoms with Crippen LogP contribution in [0.1, 0.15) is 40.0 Å². The molecule has 0 bridgehead atoms. The highest BCUT2D eigenvalue weighted by Crippen LogP contribution is 2.37. The summed E-state index contributed by atoms with van der Waals surface area (Å²) in [4.78, 5) is 0. The maximum absolute atomic E-state index is 8.55. The molecule has 0 rings (SSSR count). The van der Waals surface area contributed by atoms with Gasteiger partial charge in [-0.3, -0.25) is 0 Å². The zero-order chi connectivity index (χ0) is 14.2. The highest BCUT2D eigenvalue weighted by molar-refractivity contribution is 6.74. The van der Waals surface area contributed by atoms with Gasteiger partial charge in [0, 0.05) is 6.42 Å². The molecular formula is C15H28O2Si.